The van der Waals surface area contributed by atoms with E-state index in [0.717, 1.165) is 23.5 Å². The molecule has 0 fully saturated rings. The average Bonchev–Trinajstić information content (AvgIpc) is 2.75. The lowest BCUT2D eigenvalue weighted by Crippen LogP contribution is -2.07. The normalized spacial score (nSPS) is 10.5. The number of benzene rings is 1. The Kier molecular flexibility index (Phi) is 3.80. The molecule has 0 atom stereocenters. The maximum Gasteiger partial charge on any atom is 0.341 e. The fraction of sp³-hybridized carbons (Fsp3) is 0.154. The Bertz CT molecular complexity index is 625. The van der Waals surface area contributed by atoms with E-state index in [9.17, 15) is 13.6 Å². The molecule has 0 amide bonds. The quantitative estimate of drug-likeness (QED) is 0.878. The Morgan fingerprint density at radius 2 is 2.11 bits per heavy atom. The van der Waals surface area contributed by atoms with Crippen molar-refractivity contribution in [3.8, 4) is 11.1 Å². The van der Waals surface area contributed by atoms with Crippen molar-refractivity contribution in [1.82, 2.24) is 0 Å². The van der Waals surface area contributed by atoms with Gasteiger partial charge in [0.1, 0.15) is 10.6 Å². The second-order valence-corrected chi connectivity index (χ2v) is 4.65. The third-order valence-electron chi connectivity index (χ3n) is 2.53. The number of hydrogen-bond acceptors (Lipinski definition) is 4. The molecule has 2 aromatic rings. The summed E-state index contributed by atoms with van der Waals surface area (Å²) in [5.74, 6) is -2.48. The molecule has 1 aromatic heterocycles. The van der Waals surface area contributed by atoms with E-state index in [2.05, 4.69) is 0 Å². The van der Waals surface area contributed by atoms with Gasteiger partial charge >= 0.3 is 5.97 Å². The summed E-state index contributed by atoms with van der Waals surface area (Å²) in [5, 5.41) is 1.91. The fourth-order valence-corrected chi connectivity index (χ4v) is 2.47. The van der Waals surface area contributed by atoms with Gasteiger partial charge in [0.2, 0.25) is 0 Å². The van der Waals surface area contributed by atoms with E-state index >= 15 is 0 Å². The van der Waals surface area contributed by atoms with Crippen LogP contribution < -0.4 is 5.73 Å². The molecule has 0 radical (unpaired) electrons. The number of nitrogen functional groups attached to an aromatic ring is 1. The Balaban J connectivity index is 2.50. The zero-order chi connectivity index (χ0) is 14.0. The summed E-state index contributed by atoms with van der Waals surface area (Å²) in [7, 11) is 0. The van der Waals surface area contributed by atoms with Crippen LogP contribution in [0.1, 0.15) is 17.3 Å². The van der Waals surface area contributed by atoms with Crippen molar-refractivity contribution in [3.05, 3.63) is 40.8 Å². The number of esters is 1. The molecule has 0 aliphatic carbocycles. The Morgan fingerprint density at radius 3 is 2.74 bits per heavy atom. The molecule has 1 aromatic carbocycles. The minimum absolute atomic E-state index is 0.192. The van der Waals surface area contributed by atoms with Crippen molar-refractivity contribution >= 4 is 22.3 Å². The number of hydrogen-bond donors (Lipinski definition) is 1. The van der Waals surface area contributed by atoms with Crippen LogP contribution in [0.25, 0.3) is 11.1 Å². The van der Waals surface area contributed by atoms with Crippen LogP contribution in [0, 0.1) is 11.6 Å². The van der Waals surface area contributed by atoms with Gasteiger partial charge in [-0.3, -0.25) is 0 Å². The van der Waals surface area contributed by atoms with Gasteiger partial charge in [0.15, 0.2) is 11.6 Å². The van der Waals surface area contributed by atoms with E-state index in [1.807, 2.05) is 0 Å². The zero-order valence-corrected chi connectivity index (χ0v) is 10.9. The number of anilines is 1. The average molecular weight is 283 g/mol. The van der Waals surface area contributed by atoms with Crippen molar-refractivity contribution in [2.24, 2.45) is 0 Å². The minimum Gasteiger partial charge on any atom is -0.462 e. The molecule has 0 saturated heterocycles. The molecule has 2 N–H and O–H groups in total. The molecule has 1 heterocycles. The van der Waals surface area contributed by atoms with E-state index in [1.54, 1.807) is 12.3 Å². The first-order valence-corrected chi connectivity index (χ1v) is 6.42. The van der Waals surface area contributed by atoms with E-state index < -0.39 is 17.6 Å². The van der Waals surface area contributed by atoms with Crippen LogP contribution >= 0.6 is 11.3 Å². The van der Waals surface area contributed by atoms with Crippen LogP contribution in [0.4, 0.5) is 13.8 Å². The third kappa shape index (κ3) is 2.58. The summed E-state index contributed by atoms with van der Waals surface area (Å²) in [5.41, 5.74) is 6.75. The summed E-state index contributed by atoms with van der Waals surface area (Å²) < 4.78 is 31.0. The maximum absolute atomic E-state index is 13.2. The van der Waals surface area contributed by atoms with Gasteiger partial charge < -0.3 is 10.5 Å². The van der Waals surface area contributed by atoms with E-state index in [4.69, 9.17) is 10.5 Å². The first-order chi connectivity index (χ1) is 9.04. The zero-order valence-electron chi connectivity index (χ0n) is 10.1. The highest BCUT2D eigenvalue weighted by Gasteiger charge is 2.20. The van der Waals surface area contributed by atoms with Crippen LogP contribution in [0.5, 0.6) is 0 Å². The predicted octanol–water partition coefficient (Wildman–Crippen LogP) is 3.45. The molecule has 100 valence electrons. The molecular formula is C13H11F2NO2S. The fourth-order valence-electron chi connectivity index (χ4n) is 1.66. The Morgan fingerprint density at radius 1 is 1.37 bits per heavy atom. The summed E-state index contributed by atoms with van der Waals surface area (Å²) in [6, 6.07) is 3.43. The second kappa shape index (κ2) is 5.36. The smallest absolute Gasteiger partial charge is 0.341 e. The van der Waals surface area contributed by atoms with Crippen LogP contribution in [0.2, 0.25) is 0 Å². The van der Waals surface area contributed by atoms with Gasteiger partial charge in [0.05, 0.1) is 6.61 Å². The number of halogens is 2. The van der Waals surface area contributed by atoms with Crippen molar-refractivity contribution in [2.75, 3.05) is 12.3 Å². The molecule has 0 spiro atoms. The minimum atomic E-state index is -0.975. The van der Waals surface area contributed by atoms with Gasteiger partial charge in [-0.25, -0.2) is 13.6 Å². The molecule has 0 aliphatic rings. The lowest BCUT2D eigenvalue weighted by atomic mass is 10.0. The molecule has 0 aliphatic heterocycles. The largest absolute Gasteiger partial charge is 0.462 e. The standard InChI is InChI=1S/C13H11F2NO2S/c1-2-18-13(17)11-8(6-19-12(11)16)7-3-4-9(14)10(15)5-7/h3-6H,2,16H2,1H3. The number of nitrogens with two attached hydrogens (primary N) is 1. The van der Waals surface area contributed by atoms with Gasteiger partial charge in [-0.1, -0.05) is 6.07 Å². The molecule has 0 bridgehead atoms. The summed E-state index contributed by atoms with van der Waals surface area (Å²) in [6.07, 6.45) is 0. The van der Waals surface area contributed by atoms with Crippen LogP contribution in [0.3, 0.4) is 0 Å². The Hall–Kier alpha value is -1.95. The maximum atomic E-state index is 13.2. The monoisotopic (exact) mass is 283 g/mol. The first-order valence-electron chi connectivity index (χ1n) is 5.54. The molecule has 19 heavy (non-hydrogen) atoms. The molecule has 6 heteroatoms. The van der Waals surface area contributed by atoms with Gasteiger partial charge in [-0.15, -0.1) is 11.3 Å². The first kappa shape index (κ1) is 13.5. The van der Waals surface area contributed by atoms with Gasteiger partial charge in [-0.05, 0) is 24.6 Å². The highest BCUT2D eigenvalue weighted by molar-refractivity contribution is 7.14. The molecule has 3 nitrogen and oxygen atoms in total. The molecule has 0 saturated carbocycles. The second-order valence-electron chi connectivity index (χ2n) is 3.74. The number of carbonyl (C=O) groups is 1. The Labute approximate surface area is 112 Å². The lowest BCUT2D eigenvalue weighted by molar-refractivity contribution is 0.0529. The topological polar surface area (TPSA) is 52.3 Å². The van der Waals surface area contributed by atoms with Crippen LogP contribution in [-0.2, 0) is 4.74 Å². The van der Waals surface area contributed by atoms with Crippen molar-refractivity contribution in [3.63, 3.8) is 0 Å². The number of thiophene rings is 1. The summed E-state index contributed by atoms with van der Waals surface area (Å²) >= 11 is 1.15. The van der Waals surface area contributed by atoms with E-state index in [-0.39, 0.29) is 17.2 Å². The van der Waals surface area contributed by atoms with Crippen molar-refractivity contribution in [1.29, 1.82) is 0 Å². The van der Waals surface area contributed by atoms with E-state index in [0.29, 0.717) is 11.1 Å². The van der Waals surface area contributed by atoms with Gasteiger partial charge in [0, 0.05) is 10.9 Å². The van der Waals surface area contributed by atoms with Gasteiger partial charge in [-0.2, -0.15) is 0 Å². The van der Waals surface area contributed by atoms with Gasteiger partial charge in [0.25, 0.3) is 0 Å². The molecular weight excluding hydrogens is 272 g/mol. The highest BCUT2D eigenvalue weighted by atomic mass is 32.1. The van der Waals surface area contributed by atoms with Crippen molar-refractivity contribution in [2.45, 2.75) is 6.92 Å². The number of rotatable bonds is 3. The third-order valence-corrected chi connectivity index (χ3v) is 3.34. The van der Waals surface area contributed by atoms with Crippen LogP contribution in [0.15, 0.2) is 23.6 Å². The summed E-state index contributed by atoms with van der Waals surface area (Å²) in [6.45, 7) is 1.89. The summed E-state index contributed by atoms with van der Waals surface area (Å²) in [4.78, 5) is 11.8. The highest BCUT2D eigenvalue weighted by Crippen LogP contribution is 2.34. The molecule has 0 unspecified atom stereocenters. The lowest BCUT2D eigenvalue weighted by Gasteiger charge is -2.06. The predicted molar refractivity (Wildman–Crippen MR) is 70.0 cm³/mol. The van der Waals surface area contributed by atoms with E-state index in [1.165, 1.54) is 6.07 Å². The van der Waals surface area contributed by atoms with Crippen molar-refractivity contribution < 1.29 is 18.3 Å². The SMILES string of the molecule is CCOC(=O)c1c(-c2ccc(F)c(F)c2)csc1N. The van der Waals surface area contributed by atoms with Crippen LogP contribution in [-0.4, -0.2) is 12.6 Å². The number of ether oxygens (including phenoxy) is 1. The molecule has 2 rings (SSSR count). The number of carbonyl (C=O) groups excluding carboxylic acids is 1.